The van der Waals surface area contributed by atoms with Gasteiger partial charge in [-0.1, -0.05) is 12.1 Å². The number of amides is 1. The van der Waals surface area contributed by atoms with E-state index in [2.05, 4.69) is 15.4 Å². The van der Waals surface area contributed by atoms with Gasteiger partial charge in [-0.2, -0.15) is 5.10 Å². The van der Waals surface area contributed by atoms with Gasteiger partial charge < -0.3 is 9.47 Å². The van der Waals surface area contributed by atoms with Crippen LogP contribution in [0, 0.1) is 0 Å². The van der Waals surface area contributed by atoms with Gasteiger partial charge in [0.1, 0.15) is 11.4 Å². The molecule has 0 spiro atoms. The maximum Gasteiger partial charge on any atom is 0.311 e. The molecule has 0 radical (unpaired) electrons. The molecule has 8 nitrogen and oxygen atoms in total. The number of benzene rings is 1. The zero-order valence-corrected chi connectivity index (χ0v) is 16.6. The van der Waals surface area contributed by atoms with E-state index in [4.69, 9.17) is 9.47 Å². The fourth-order valence-electron chi connectivity index (χ4n) is 2.57. The number of esters is 1. The summed E-state index contributed by atoms with van der Waals surface area (Å²) in [6, 6.07) is 9.17. The van der Waals surface area contributed by atoms with E-state index >= 15 is 0 Å². The summed E-state index contributed by atoms with van der Waals surface area (Å²) in [6.45, 7) is 2.07. The predicted molar refractivity (Wildman–Crippen MR) is 106 cm³/mol. The average Bonchev–Trinajstić information content (AvgIpc) is 3.28. The molecule has 0 unspecified atom stereocenters. The van der Waals surface area contributed by atoms with E-state index in [1.165, 1.54) is 16.0 Å². The molecule has 0 atom stereocenters. The molecule has 2 heterocycles. The molecule has 1 aromatic carbocycles. The molecule has 0 fully saturated rings. The number of hydrogen-bond acceptors (Lipinski definition) is 7. The number of carbonyl (C=O) groups excluding carboxylic acids is 2. The zero-order chi connectivity index (χ0) is 20.1. The van der Waals surface area contributed by atoms with Crippen LogP contribution in [0.4, 0.5) is 5.13 Å². The SMILES string of the molecule is CCOC(=O)Cc1csc(NC(=O)c2cc(-c3cccc(OC)c3)nn2C)n1. The maximum atomic E-state index is 12.6. The van der Waals surface area contributed by atoms with Crippen LogP contribution in [0.2, 0.25) is 0 Å². The lowest BCUT2D eigenvalue weighted by molar-refractivity contribution is -0.142. The Kier molecular flexibility index (Phi) is 6.05. The van der Waals surface area contributed by atoms with Gasteiger partial charge in [-0.3, -0.25) is 19.6 Å². The van der Waals surface area contributed by atoms with Crippen LogP contribution in [0.25, 0.3) is 11.3 Å². The number of hydrogen-bond donors (Lipinski definition) is 1. The summed E-state index contributed by atoms with van der Waals surface area (Å²) in [4.78, 5) is 28.4. The molecule has 146 valence electrons. The van der Waals surface area contributed by atoms with Gasteiger partial charge in [0.05, 0.1) is 31.5 Å². The van der Waals surface area contributed by atoms with Crippen LogP contribution in [0.15, 0.2) is 35.7 Å². The van der Waals surface area contributed by atoms with Crippen LogP contribution in [0.1, 0.15) is 23.1 Å². The van der Waals surface area contributed by atoms with Crippen LogP contribution in [-0.2, 0) is 23.0 Å². The summed E-state index contributed by atoms with van der Waals surface area (Å²) in [5.74, 6) is 0.0347. The molecule has 3 aromatic rings. The van der Waals surface area contributed by atoms with E-state index in [0.29, 0.717) is 34.6 Å². The number of rotatable bonds is 7. The molecule has 0 saturated heterocycles. The molecule has 0 saturated carbocycles. The fourth-order valence-corrected chi connectivity index (χ4v) is 3.28. The zero-order valence-electron chi connectivity index (χ0n) is 15.8. The number of nitrogens with one attached hydrogen (secondary N) is 1. The molecule has 1 amide bonds. The van der Waals surface area contributed by atoms with Crippen molar-refractivity contribution >= 4 is 28.3 Å². The molecule has 0 aliphatic rings. The molecule has 0 aliphatic heterocycles. The van der Waals surface area contributed by atoms with Crippen molar-refractivity contribution in [3.63, 3.8) is 0 Å². The monoisotopic (exact) mass is 400 g/mol. The minimum absolute atomic E-state index is 0.0753. The minimum Gasteiger partial charge on any atom is -0.497 e. The molecule has 9 heteroatoms. The number of methoxy groups -OCH3 is 1. The Morgan fingerprint density at radius 3 is 2.86 bits per heavy atom. The highest BCUT2D eigenvalue weighted by Crippen LogP contribution is 2.24. The smallest absolute Gasteiger partial charge is 0.311 e. The van der Waals surface area contributed by atoms with E-state index in [9.17, 15) is 9.59 Å². The molecule has 2 aromatic heterocycles. The van der Waals surface area contributed by atoms with Crippen LogP contribution in [0.3, 0.4) is 0 Å². The van der Waals surface area contributed by atoms with Gasteiger partial charge in [0.25, 0.3) is 5.91 Å². The van der Waals surface area contributed by atoms with Crippen LogP contribution in [-0.4, -0.2) is 40.4 Å². The molecule has 0 bridgehead atoms. The fraction of sp³-hybridized carbons (Fsp3) is 0.263. The third-order valence-corrected chi connectivity index (χ3v) is 4.69. The van der Waals surface area contributed by atoms with Crippen molar-refractivity contribution in [1.29, 1.82) is 0 Å². The summed E-state index contributed by atoms with van der Waals surface area (Å²) < 4.78 is 11.6. The van der Waals surface area contributed by atoms with E-state index < -0.39 is 0 Å². The summed E-state index contributed by atoms with van der Waals surface area (Å²) >= 11 is 1.25. The summed E-state index contributed by atoms with van der Waals surface area (Å²) in [7, 11) is 3.30. The van der Waals surface area contributed by atoms with Crippen LogP contribution >= 0.6 is 11.3 Å². The largest absolute Gasteiger partial charge is 0.497 e. The third-order valence-electron chi connectivity index (χ3n) is 3.88. The van der Waals surface area contributed by atoms with E-state index in [1.54, 1.807) is 32.5 Å². The molecular weight excluding hydrogens is 380 g/mol. The van der Waals surface area contributed by atoms with Crippen molar-refractivity contribution in [2.24, 2.45) is 7.05 Å². The number of ether oxygens (including phenoxy) is 2. The standard InChI is InChI=1S/C19H20N4O4S/c1-4-27-17(24)9-13-11-28-19(20-13)21-18(25)16-10-15(22-23(16)2)12-6-5-7-14(8-12)26-3/h5-8,10-11H,4,9H2,1-3H3,(H,20,21,25). The molecule has 0 aliphatic carbocycles. The Balaban J connectivity index is 1.72. The normalized spacial score (nSPS) is 10.5. The average molecular weight is 400 g/mol. The Morgan fingerprint density at radius 2 is 2.11 bits per heavy atom. The van der Waals surface area contributed by atoms with Gasteiger partial charge in [0, 0.05) is 18.0 Å². The predicted octanol–water partition coefficient (Wildman–Crippen LogP) is 2.91. The highest BCUT2D eigenvalue weighted by molar-refractivity contribution is 7.14. The number of thiazole rings is 1. The number of aryl methyl sites for hydroxylation is 1. The first-order valence-electron chi connectivity index (χ1n) is 8.60. The Labute approximate surface area is 166 Å². The molecule has 28 heavy (non-hydrogen) atoms. The lowest BCUT2D eigenvalue weighted by Crippen LogP contribution is -2.16. The number of nitrogens with zero attached hydrogens (tertiary/aromatic N) is 3. The molecule has 1 N–H and O–H groups in total. The topological polar surface area (TPSA) is 95.3 Å². The third kappa shape index (κ3) is 4.55. The minimum atomic E-state index is -0.347. The first kappa shape index (κ1) is 19.6. The quantitative estimate of drug-likeness (QED) is 0.613. The second kappa shape index (κ2) is 8.66. The lowest BCUT2D eigenvalue weighted by atomic mass is 10.1. The van der Waals surface area contributed by atoms with Gasteiger partial charge in [0.2, 0.25) is 0 Å². The van der Waals surface area contributed by atoms with Crippen molar-refractivity contribution < 1.29 is 19.1 Å². The first-order chi connectivity index (χ1) is 13.5. The van der Waals surface area contributed by atoms with E-state index in [0.717, 1.165) is 5.56 Å². The van der Waals surface area contributed by atoms with Crippen LogP contribution in [0.5, 0.6) is 5.75 Å². The van der Waals surface area contributed by atoms with Crippen LogP contribution < -0.4 is 10.1 Å². The Hall–Kier alpha value is -3.20. The van der Waals surface area contributed by atoms with Crippen molar-refractivity contribution in [3.8, 4) is 17.0 Å². The summed E-state index contributed by atoms with van der Waals surface area (Å²) in [5, 5.41) is 9.28. The van der Waals surface area contributed by atoms with Gasteiger partial charge in [-0.15, -0.1) is 11.3 Å². The summed E-state index contributed by atoms with van der Waals surface area (Å²) in [5.41, 5.74) is 2.45. The number of anilines is 1. The van der Waals surface area contributed by atoms with Gasteiger partial charge in [-0.25, -0.2) is 4.98 Å². The highest BCUT2D eigenvalue weighted by Gasteiger charge is 2.17. The van der Waals surface area contributed by atoms with E-state index in [1.807, 2.05) is 24.3 Å². The Morgan fingerprint density at radius 1 is 1.29 bits per heavy atom. The first-order valence-corrected chi connectivity index (χ1v) is 9.48. The van der Waals surface area contributed by atoms with Crippen molar-refractivity contribution in [3.05, 3.63) is 47.1 Å². The maximum absolute atomic E-state index is 12.6. The molecule has 3 rings (SSSR count). The lowest BCUT2D eigenvalue weighted by Gasteiger charge is -2.01. The molecular formula is C19H20N4O4S. The van der Waals surface area contributed by atoms with Crippen molar-refractivity contribution in [2.45, 2.75) is 13.3 Å². The second-order valence-corrected chi connectivity index (χ2v) is 6.71. The van der Waals surface area contributed by atoms with Gasteiger partial charge in [0.15, 0.2) is 5.13 Å². The Bertz CT molecular complexity index is 995. The number of aromatic nitrogens is 3. The second-order valence-electron chi connectivity index (χ2n) is 5.85. The van der Waals surface area contributed by atoms with Gasteiger partial charge in [-0.05, 0) is 25.1 Å². The highest BCUT2D eigenvalue weighted by atomic mass is 32.1. The summed E-state index contributed by atoms with van der Waals surface area (Å²) in [6.07, 6.45) is 0.0753. The number of carbonyl (C=O) groups is 2. The van der Waals surface area contributed by atoms with Gasteiger partial charge >= 0.3 is 5.97 Å². The van der Waals surface area contributed by atoms with Crippen molar-refractivity contribution in [2.75, 3.05) is 19.0 Å². The van der Waals surface area contributed by atoms with Crippen molar-refractivity contribution in [1.82, 2.24) is 14.8 Å². The van der Waals surface area contributed by atoms with E-state index in [-0.39, 0.29) is 18.3 Å².